The summed E-state index contributed by atoms with van der Waals surface area (Å²) in [6.07, 6.45) is 9.71. The molecule has 6 heteroatoms. The van der Waals surface area contributed by atoms with E-state index in [1.807, 2.05) is 36.9 Å². The van der Waals surface area contributed by atoms with Gasteiger partial charge in [-0.2, -0.15) is 4.98 Å². The number of rotatable bonds is 6. The van der Waals surface area contributed by atoms with Gasteiger partial charge in [0.2, 0.25) is 5.95 Å². The van der Waals surface area contributed by atoms with E-state index in [4.69, 9.17) is 0 Å². The van der Waals surface area contributed by atoms with Gasteiger partial charge in [0.15, 0.2) is 5.65 Å². The second kappa shape index (κ2) is 5.51. The van der Waals surface area contributed by atoms with Gasteiger partial charge in [-0.3, -0.25) is 0 Å². The number of aryl methyl sites for hydroxylation is 1. The highest BCUT2D eigenvalue weighted by atomic mass is 15.3. The van der Waals surface area contributed by atoms with Crippen LogP contribution in [0, 0.1) is 0 Å². The highest BCUT2D eigenvalue weighted by Crippen LogP contribution is 2.04. The normalized spacial score (nSPS) is 10.9. The van der Waals surface area contributed by atoms with Gasteiger partial charge in [0.25, 0.3) is 0 Å². The lowest BCUT2D eigenvalue weighted by Crippen LogP contribution is -2.05. The van der Waals surface area contributed by atoms with Gasteiger partial charge in [-0.05, 0) is 25.0 Å². The minimum atomic E-state index is 0.689. The molecule has 3 rings (SSSR count). The van der Waals surface area contributed by atoms with E-state index < -0.39 is 0 Å². The molecule has 0 unspecified atom stereocenters. The summed E-state index contributed by atoms with van der Waals surface area (Å²) < 4.78 is 3.86. The third kappa shape index (κ3) is 2.90. The van der Waals surface area contributed by atoms with E-state index in [9.17, 15) is 0 Å². The molecule has 3 aromatic rings. The predicted octanol–water partition coefficient (Wildman–Crippen LogP) is 1.82. The first-order chi connectivity index (χ1) is 9.42. The number of anilines is 1. The Hall–Kier alpha value is -2.37. The van der Waals surface area contributed by atoms with Crippen molar-refractivity contribution in [2.45, 2.75) is 19.4 Å². The Morgan fingerprint density at radius 2 is 2.16 bits per heavy atom. The smallest absolute Gasteiger partial charge is 0.243 e. The number of fused-ring (bicyclic) bond motifs is 1. The van der Waals surface area contributed by atoms with Crippen molar-refractivity contribution in [1.29, 1.82) is 0 Å². The van der Waals surface area contributed by atoms with Gasteiger partial charge >= 0.3 is 0 Å². The molecule has 0 aromatic carbocycles. The van der Waals surface area contributed by atoms with Crippen molar-refractivity contribution in [2.75, 3.05) is 11.9 Å². The lowest BCUT2D eigenvalue weighted by atomic mass is 10.3. The van der Waals surface area contributed by atoms with Crippen LogP contribution in [0.5, 0.6) is 0 Å². The van der Waals surface area contributed by atoms with E-state index >= 15 is 0 Å². The van der Waals surface area contributed by atoms with E-state index in [0.29, 0.717) is 5.95 Å². The molecule has 0 aliphatic heterocycles. The van der Waals surface area contributed by atoms with Crippen LogP contribution in [0.2, 0.25) is 0 Å². The van der Waals surface area contributed by atoms with Crippen molar-refractivity contribution in [3.8, 4) is 0 Å². The molecule has 0 atom stereocenters. The van der Waals surface area contributed by atoms with Crippen LogP contribution < -0.4 is 5.32 Å². The minimum absolute atomic E-state index is 0.689. The van der Waals surface area contributed by atoms with Crippen molar-refractivity contribution in [3.05, 3.63) is 43.1 Å². The standard InChI is InChI=1S/C13H16N6/c1-3-9-19-12(5-1)16-13(17-19)15-6-2-4-8-18-10-7-14-11-18/h1,3,5,7,9-11H,2,4,6,8H2,(H,15,17). The fourth-order valence-electron chi connectivity index (χ4n) is 1.94. The van der Waals surface area contributed by atoms with Crippen molar-refractivity contribution >= 4 is 11.6 Å². The molecule has 0 saturated heterocycles. The van der Waals surface area contributed by atoms with E-state index in [-0.39, 0.29) is 0 Å². The van der Waals surface area contributed by atoms with E-state index in [1.165, 1.54) is 0 Å². The lowest BCUT2D eigenvalue weighted by Gasteiger charge is -2.02. The summed E-state index contributed by atoms with van der Waals surface area (Å²) in [6.45, 7) is 1.88. The molecule has 0 amide bonds. The third-order valence-electron chi connectivity index (χ3n) is 2.93. The maximum Gasteiger partial charge on any atom is 0.243 e. The SMILES string of the molecule is c1ccn2nc(NCCCCn3ccnc3)nc2c1. The second-order valence-electron chi connectivity index (χ2n) is 4.37. The minimum Gasteiger partial charge on any atom is -0.353 e. The fraction of sp³-hybridized carbons (Fsp3) is 0.308. The van der Waals surface area contributed by atoms with Crippen molar-refractivity contribution < 1.29 is 0 Å². The zero-order chi connectivity index (χ0) is 12.9. The zero-order valence-electron chi connectivity index (χ0n) is 10.6. The summed E-state index contributed by atoms with van der Waals surface area (Å²) in [4.78, 5) is 8.40. The van der Waals surface area contributed by atoms with Gasteiger partial charge in [-0.15, -0.1) is 5.10 Å². The highest BCUT2D eigenvalue weighted by Gasteiger charge is 2.00. The van der Waals surface area contributed by atoms with Crippen LogP contribution in [-0.2, 0) is 6.54 Å². The number of hydrogen-bond donors (Lipinski definition) is 1. The Balaban J connectivity index is 1.44. The molecule has 1 N–H and O–H groups in total. The fourth-order valence-corrected chi connectivity index (χ4v) is 1.94. The van der Waals surface area contributed by atoms with Crippen LogP contribution in [0.4, 0.5) is 5.95 Å². The maximum absolute atomic E-state index is 4.39. The number of nitrogens with one attached hydrogen (secondary N) is 1. The molecule has 98 valence electrons. The van der Waals surface area contributed by atoms with Crippen LogP contribution in [-0.4, -0.2) is 30.7 Å². The van der Waals surface area contributed by atoms with Gasteiger partial charge in [-0.25, -0.2) is 9.50 Å². The van der Waals surface area contributed by atoms with E-state index in [0.717, 1.165) is 31.6 Å². The molecule has 0 saturated carbocycles. The number of hydrogen-bond acceptors (Lipinski definition) is 4. The Morgan fingerprint density at radius 1 is 1.16 bits per heavy atom. The topological polar surface area (TPSA) is 60.0 Å². The maximum atomic E-state index is 4.39. The van der Waals surface area contributed by atoms with Crippen molar-refractivity contribution in [1.82, 2.24) is 24.1 Å². The Kier molecular flexibility index (Phi) is 3.40. The summed E-state index contributed by atoms with van der Waals surface area (Å²) in [5.41, 5.74) is 0.864. The summed E-state index contributed by atoms with van der Waals surface area (Å²) in [5.74, 6) is 0.689. The average molecular weight is 256 g/mol. The van der Waals surface area contributed by atoms with Crippen LogP contribution >= 0.6 is 0 Å². The summed E-state index contributed by atoms with van der Waals surface area (Å²) in [7, 11) is 0. The first-order valence-corrected chi connectivity index (χ1v) is 6.43. The predicted molar refractivity (Wildman–Crippen MR) is 72.9 cm³/mol. The Labute approximate surface area is 111 Å². The number of imidazole rings is 1. The lowest BCUT2D eigenvalue weighted by molar-refractivity contribution is 0.620. The highest BCUT2D eigenvalue weighted by molar-refractivity contribution is 5.42. The molecule has 0 aliphatic rings. The Morgan fingerprint density at radius 3 is 3.00 bits per heavy atom. The third-order valence-corrected chi connectivity index (χ3v) is 2.93. The summed E-state index contributed by atoms with van der Waals surface area (Å²) in [5, 5.41) is 7.59. The van der Waals surface area contributed by atoms with Gasteiger partial charge in [-0.1, -0.05) is 6.07 Å². The quantitative estimate of drug-likeness (QED) is 0.683. The van der Waals surface area contributed by atoms with Crippen LogP contribution in [0.3, 0.4) is 0 Å². The largest absolute Gasteiger partial charge is 0.353 e. The molecule has 0 fully saturated rings. The van der Waals surface area contributed by atoms with Crippen molar-refractivity contribution in [3.63, 3.8) is 0 Å². The van der Waals surface area contributed by atoms with Crippen LogP contribution in [0.1, 0.15) is 12.8 Å². The van der Waals surface area contributed by atoms with Gasteiger partial charge in [0.1, 0.15) is 0 Å². The number of unbranched alkanes of at least 4 members (excludes halogenated alkanes) is 1. The molecule has 0 radical (unpaired) electrons. The molecular formula is C13H16N6. The first-order valence-electron chi connectivity index (χ1n) is 6.43. The molecule has 3 heterocycles. The molecule has 3 aromatic heterocycles. The first kappa shape index (κ1) is 11.7. The summed E-state index contributed by atoms with van der Waals surface area (Å²) in [6, 6.07) is 5.84. The average Bonchev–Trinajstić information content (AvgIpc) is 3.06. The molecular weight excluding hydrogens is 240 g/mol. The number of nitrogens with zero attached hydrogens (tertiary/aromatic N) is 5. The monoisotopic (exact) mass is 256 g/mol. The molecule has 0 spiro atoms. The second-order valence-corrected chi connectivity index (χ2v) is 4.37. The van der Waals surface area contributed by atoms with Gasteiger partial charge < -0.3 is 9.88 Å². The number of pyridine rings is 1. The van der Waals surface area contributed by atoms with E-state index in [2.05, 4.69) is 25.0 Å². The summed E-state index contributed by atoms with van der Waals surface area (Å²) >= 11 is 0. The Bertz CT molecular complexity index is 594. The molecule has 0 bridgehead atoms. The zero-order valence-corrected chi connectivity index (χ0v) is 10.6. The molecule has 6 nitrogen and oxygen atoms in total. The molecule has 0 aliphatic carbocycles. The van der Waals surface area contributed by atoms with Crippen LogP contribution in [0.15, 0.2) is 43.1 Å². The van der Waals surface area contributed by atoms with Crippen LogP contribution in [0.25, 0.3) is 5.65 Å². The number of aromatic nitrogens is 5. The molecule has 19 heavy (non-hydrogen) atoms. The van der Waals surface area contributed by atoms with Gasteiger partial charge in [0, 0.05) is 31.7 Å². The van der Waals surface area contributed by atoms with E-state index in [1.54, 1.807) is 10.7 Å². The van der Waals surface area contributed by atoms with Gasteiger partial charge in [0.05, 0.1) is 6.33 Å². The van der Waals surface area contributed by atoms with Crippen molar-refractivity contribution in [2.24, 2.45) is 0 Å².